The maximum atomic E-state index is 13.2. The lowest BCUT2D eigenvalue weighted by Crippen LogP contribution is -2.39. The molecule has 1 aliphatic heterocycles. The largest absolute Gasteiger partial charge is 0.338 e. The molecule has 2 saturated carbocycles. The summed E-state index contributed by atoms with van der Waals surface area (Å²) in [5, 5.41) is 4.79. The van der Waals surface area contributed by atoms with Gasteiger partial charge < -0.3 is 4.90 Å². The van der Waals surface area contributed by atoms with Gasteiger partial charge >= 0.3 is 0 Å². The first-order valence-electron chi connectivity index (χ1n) is 10.4. The van der Waals surface area contributed by atoms with Crippen LogP contribution in [-0.4, -0.2) is 33.2 Å². The molecule has 4 nitrogen and oxygen atoms in total. The summed E-state index contributed by atoms with van der Waals surface area (Å²) in [7, 11) is 0. The Kier molecular flexibility index (Phi) is 3.07. The zero-order valence-corrected chi connectivity index (χ0v) is 17.2. The zero-order chi connectivity index (χ0) is 18.6. The molecular weight excluding hydrogens is 322 g/mol. The van der Waals surface area contributed by atoms with E-state index in [2.05, 4.69) is 46.4 Å². The van der Waals surface area contributed by atoms with E-state index in [1.807, 2.05) is 4.68 Å². The number of aryl methyl sites for hydroxylation is 1. The van der Waals surface area contributed by atoms with Crippen molar-refractivity contribution in [1.29, 1.82) is 0 Å². The molecule has 4 aliphatic rings. The average Bonchev–Trinajstić information content (AvgIpc) is 2.87. The highest BCUT2D eigenvalue weighted by atomic mass is 16.2. The highest BCUT2D eigenvalue weighted by Crippen LogP contribution is 2.70. The third-order valence-electron chi connectivity index (χ3n) is 8.08. The molecule has 0 unspecified atom stereocenters. The molecule has 3 fully saturated rings. The summed E-state index contributed by atoms with van der Waals surface area (Å²) < 4.78 is 2.05. The molecule has 1 aromatic rings. The van der Waals surface area contributed by atoms with Crippen LogP contribution in [-0.2, 0) is 17.8 Å². The van der Waals surface area contributed by atoms with E-state index in [4.69, 9.17) is 5.10 Å². The Balaban J connectivity index is 1.37. The molecule has 4 atom stereocenters. The minimum absolute atomic E-state index is 0.279. The predicted molar refractivity (Wildman–Crippen MR) is 102 cm³/mol. The van der Waals surface area contributed by atoms with Crippen molar-refractivity contribution in [3.63, 3.8) is 0 Å². The predicted octanol–water partition coefficient (Wildman–Crippen LogP) is 3.91. The van der Waals surface area contributed by atoms with Crippen molar-refractivity contribution >= 4 is 5.91 Å². The molecule has 0 aromatic carbocycles. The topological polar surface area (TPSA) is 38.1 Å². The Hall–Kier alpha value is -1.32. The number of fused-ring (bicyclic) bond motifs is 5. The quantitative estimate of drug-likeness (QED) is 0.806. The first-order chi connectivity index (χ1) is 12.0. The molecule has 1 amide bonds. The lowest BCUT2D eigenvalue weighted by molar-refractivity contribution is -0.133. The molecule has 2 bridgehead atoms. The number of amides is 1. The summed E-state index contributed by atoms with van der Waals surface area (Å²) in [5.74, 6) is 1.72. The second-order valence-electron chi connectivity index (χ2n) is 11.4. The molecular formula is C22H33N3O. The van der Waals surface area contributed by atoms with Crippen LogP contribution in [0.5, 0.6) is 0 Å². The highest BCUT2D eigenvalue weighted by Gasteiger charge is 2.63. The van der Waals surface area contributed by atoms with Gasteiger partial charge in [0, 0.05) is 23.8 Å². The van der Waals surface area contributed by atoms with Gasteiger partial charge in [-0.1, -0.05) is 34.6 Å². The van der Waals surface area contributed by atoms with Crippen LogP contribution < -0.4 is 0 Å². The Morgan fingerprint density at radius 3 is 2.65 bits per heavy atom. The molecule has 5 rings (SSSR count). The van der Waals surface area contributed by atoms with E-state index in [9.17, 15) is 4.79 Å². The number of hydrogen-bond donors (Lipinski definition) is 0. The van der Waals surface area contributed by atoms with Crippen molar-refractivity contribution in [3.8, 4) is 0 Å². The number of aromatic nitrogens is 2. The minimum atomic E-state index is 0.279. The molecule has 142 valence electrons. The number of carbonyl (C=O) groups is 1. The van der Waals surface area contributed by atoms with Crippen LogP contribution in [0.4, 0.5) is 0 Å². The number of nitrogens with zero attached hydrogens (tertiary/aromatic N) is 3. The molecule has 26 heavy (non-hydrogen) atoms. The number of rotatable bonds is 2. The van der Waals surface area contributed by atoms with Crippen molar-refractivity contribution in [3.05, 3.63) is 17.0 Å². The van der Waals surface area contributed by atoms with Crippen molar-refractivity contribution in [2.24, 2.45) is 22.2 Å². The van der Waals surface area contributed by atoms with Gasteiger partial charge in [0.05, 0.1) is 5.69 Å². The van der Waals surface area contributed by atoms with Gasteiger partial charge in [0.2, 0.25) is 5.91 Å². The van der Waals surface area contributed by atoms with Crippen LogP contribution in [0.25, 0.3) is 0 Å². The van der Waals surface area contributed by atoms with E-state index in [1.54, 1.807) is 0 Å². The van der Waals surface area contributed by atoms with Crippen molar-refractivity contribution in [1.82, 2.24) is 14.7 Å². The molecule has 0 N–H and O–H groups in total. The van der Waals surface area contributed by atoms with Crippen molar-refractivity contribution in [2.75, 3.05) is 6.54 Å². The molecule has 0 radical (unpaired) electrons. The van der Waals surface area contributed by atoms with E-state index in [0.717, 1.165) is 31.0 Å². The van der Waals surface area contributed by atoms with Gasteiger partial charge in [-0.25, -0.2) is 0 Å². The lowest BCUT2D eigenvalue weighted by atomic mass is 9.65. The second-order valence-corrected chi connectivity index (χ2v) is 11.4. The third kappa shape index (κ3) is 2.20. The summed E-state index contributed by atoms with van der Waals surface area (Å²) >= 11 is 0. The van der Waals surface area contributed by atoms with Gasteiger partial charge in [0.1, 0.15) is 6.54 Å². The number of likely N-dealkylation sites (tertiary alicyclic amines) is 1. The molecule has 1 saturated heterocycles. The van der Waals surface area contributed by atoms with Gasteiger partial charge in [-0.05, 0) is 60.7 Å². The fourth-order valence-electron chi connectivity index (χ4n) is 7.27. The summed E-state index contributed by atoms with van der Waals surface area (Å²) in [6.07, 6.45) is 4.66. The molecule has 2 heterocycles. The smallest absolute Gasteiger partial charge is 0.244 e. The van der Waals surface area contributed by atoms with Gasteiger partial charge in [0.15, 0.2) is 0 Å². The van der Waals surface area contributed by atoms with Gasteiger partial charge in [-0.3, -0.25) is 9.48 Å². The van der Waals surface area contributed by atoms with Crippen LogP contribution in [0.1, 0.15) is 76.8 Å². The van der Waals surface area contributed by atoms with Crippen LogP contribution in [0.2, 0.25) is 0 Å². The normalized spacial score (nSPS) is 38.2. The fraction of sp³-hybridized carbons (Fsp3) is 0.818. The maximum Gasteiger partial charge on any atom is 0.244 e. The SMILES string of the molecule is Cc1nn(CC(=O)N2C[C@]3(C)C[C@@H]2CC(C)(C)C3)c2c1[C@H]1[C@H](C2)C1(C)C. The summed E-state index contributed by atoms with van der Waals surface area (Å²) in [6, 6.07) is 0.424. The summed E-state index contributed by atoms with van der Waals surface area (Å²) in [4.78, 5) is 15.4. The Labute approximate surface area is 157 Å². The fourth-order valence-corrected chi connectivity index (χ4v) is 7.27. The summed E-state index contributed by atoms with van der Waals surface area (Å²) in [6.45, 7) is 15.3. The van der Waals surface area contributed by atoms with Crippen LogP contribution in [0, 0.1) is 29.1 Å². The molecule has 4 heteroatoms. The standard InChI is InChI=1S/C22H33N3O/c1-13-18-16(7-15-19(18)21(15,4)5)25(23-13)10-17(26)24-12-22(6)9-14(24)8-20(2,3)11-22/h14-15,19H,7-12H2,1-6H3/t14-,15-,19+,22+/m0/s1. The Morgan fingerprint density at radius 2 is 1.92 bits per heavy atom. The molecule has 0 spiro atoms. The monoisotopic (exact) mass is 355 g/mol. The van der Waals surface area contributed by atoms with Gasteiger partial charge in [0.25, 0.3) is 0 Å². The van der Waals surface area contributed by atoms with E-state index in [1.165, 1.54) is 24.1 Å². The number of carbonyl (C=O) groups excluding carboxylic acids is 1. The average molecular weight is 356 g/mol. The molecule has 1 aromatic heterocycles. The first-order valence-corrected chi connectivity index (χ1v) is 10.4. The Bertz CT molecular complexity index is 805. The van der Waals surface area contributed by atoms with Crippen molar-refractivity contribution < 1.29 is 4.79 Å². The molecule has 3 aliphatic carbocycles. The van der Waals surface area contributed by atoms with E-state index < -0.39 is 0 Å². The van der Waals surface area contributed by atoms with E-state index in [-0.39, 0.29) is 5.91 Å². The second kappa shape index (κ2) is 4.74. The minimum Gasteiger partial charge on any atom is -0.338 e. The van der Waals surface area contributed by atoms with Crippen LogP contribution >= 0.6 is 0 Å². The van der Waals surface area contributed by atoms with Gasteiger partial charge in [-0.2, -0.15) is 5.10 Å². The van der Waals surface area contributed by atoms with E-state index >= 15 is 0 Å². The first kappa shape index (κ1) is 16.8. The summed E-state index contributed by atoms with van der Waals surface area (Å²) in [5.41, 5.74) is 5.04. The van der Waals surface area contributed by atoms with Crippen LogP contribution in [0.15, 0.2) is 0 Å². The highest BCUT2D eigenvalue weighted by molar-refractivity contribution is 5.77. The zero-order valence-electron chi connectivity index (χ0n) is 17.2. The lowest BCUT2D eigenvalue weighted by Gasteiger charge is -2.39. The van der Waals surface area contributed by atoms with Crippen molar-refractivity contribution in [2.45, 2.75) is 85.7 Å². The maximum absolute atomic E-state index is 13.2. The number of hydrogen-bond acceptors (Lipinski definition) is 2. The van der Waals surface area contributed by atoms with Crippen LogP contribution in [0.3, 0.4) is 0 Å². The van der Waals surface area contributed by atoms with Gasteiger partial charge in [-0.15, -0.1) is 0 Å². The third-order valence-corrected chi connectivity index (χ3v) is 8.08. The van der Waals surface area contributed by atoms with E-state index in [0.29, 0.717) is 34.7 Å². The Morgan fingerprint density at radius 1 is 1.19 bits per heavy atom.